The number of aromatic nitrogens is 8. The minimum atomic E-state index is -0.787. The van der Waals surface area contributed by atoms with E-state index < -0.39 is 41.4 Å². The Kier molecular flexibility index (Phi) is 29.3. The monoisotopic (exact) mass is 1510 g/mol. The predicted molar refractivity (Wildman–Crippen MR) is 380 cm³/mol. The number of alkyl halides is 1. The zero-order valence-corrected chi connectivity index (χ0v) is 58.0. The van der Waals surface area contributed by atoms with Crippen LogP contribution in [-0.4, -0.2) is 51.1 Å². The van der Waals surface area contributed by atoms with E-state index in [0.717, 1.165) is 67.0 Å². The highest BCUT2D eigenvalue weighted by Gasteiger charge is 2.22. The maximum Gasteiger partial charge on any atom is 0.420 e. The van der Waals surface area contributed by atoms with Crippen LogP contribution in [0.15, 0.2) is 199 Å². The summed E-state index contributed by atoms with van der Waals surface area (Å²) >= 11 is 43.9. The van der Waals surface area contributed by atoms with Gasteiger partial charge in [-0.05, 0) is 173 Å². The maximum atomic E-state index is 14.5. The van der Waals surface area contributed by atoms with E-state index in [9.17, 15) is 26.7 Å². The second-order valence-electron chi connectivity index (χ2n) is 21.2. The standard InChI is InChI=1S/C20H15Cl2FN4.C13H14Cl2N2O2.C12H9BrClFN2.C12H10ClFN2.C7H8ClN.C5H3F2N/c21-15-4-1-12(2-5-15)9-24-18-6-3-13(19(23)27-18)7-14-10-25-20-17(14)8-16(22)11-26-20;1-13(2,3)19-12(18)17-7-8(5-14)10-4-9(15)6-16-11(10)17;13-10-5-6-11(17-12(10)15)16-7-8-1-3-9(14)4-2-8;13-10-6-4-9(5-7-10)8-15-12-3-1-2-11(14)16-12;8-7-3-1-6(5-9)2-4-7;6-4-2-1-3-5(7)8-4/h1-6,8,10-11H,7,9H2,(H,24,27)(H,25,26);4,6-7H,5H2,1-3H3;1-6H,7H2,(H,16,17);1-7H,8H2,(H,15,16);1-4H,5,9H2;1-3H. The number of H-pyrrole nitrogens is 1. The van der Waals surface area contributed by atoms with Crippen LogP contribution in [0.25, 0.3) is 22.1 Å². The molecular formula is C69H59BrCl7F5N12O2. The number of anilines is 3. The second kappa shape index (κ2) is 37.4. The van der Waals surface area contributed by atoms with E-state index in [1.54, 1.807) is 54.9 Å². The van der Waals surface area contributed by atoms with Gasteiger partial charge in [0.05, 0.1) is 14.5 Å². The van der Waals surface area contributed by atoms with E-state index in [0.29, 0.717) is 90.8 Å². The van der Waals surface area contributed by atoms with Gasteiger partial charge in [0.2, 0.25) is 29.7 Å². The summed E-state index contributed by atoms with van der Waals surface area (Å²) in [5.41, 5.74) is 12.5. The van der Waals surface area contributed by atoms with Gasteiger partial charge in [-0.2, -0.15) is 26.9 Å². The molecule has 0 aliphatic carbocycles. The average molecular weight is 1510 g/mol. The molecule has 498 valence electrons. The van der Waals surface area contributed by atoms with E-state index in [1.807, 2.05) is 130 Å². The van der Waals surface area contributed by atoms with Crippen LogP contribution in [-0.2, 0) is 43.2 Å². The van der Waals surface area contributed by atoms with Gasteiger partial charge in [0.1, 0.15) is 34.3 Å². The highest BCUT2D eigenvalue weighted by Crippen LogP contribution is 2.27. The first-order valence-corrected chi connectivity index (χ1v) is 32.3. The number of aromatic amines is 1. The number of benzene rings is 4. The Bertz CT molecular complexity index is 4450. The lowest BCUT2D eigenvalue weighted by molar-refractivity contribution is 0.0543. The molecule has 12 rings (SSSR count). The van der Waals surface area contributed by atoms with Crippen LogP contribution in [0.4, 0.5) is 44.2 Å². The zero-order chi connectivity index (χ0) is 69.3. The summed E-state index contributed by atoms with van der Waals surface area (Å²) in [6.45, 7) is 7.71. The normalized spacial score (nSPS) is 10.6. The number of carbonyl (C=O) groups is 1. The van der Waals surface area contributed by atoms with E-state index in [2.05, 4.69) is 66.8 Å². The van der Waals surface area contributed by atoms with Crippen molar-refractivity contribution in [3.05, 3.63) is 298 Å². The molecule has 6 N–H and O–H groups in total. The van der Waals surface area contributed by atoms with Crippen LogP contribution in [0.5, 0.6) is 0 Å². The smallest absolute Gasteiger partial charge is 0.420 e. The number of ether oxygens (including phenoxy) is 1. The summed E-state index contributed by atoms with van der Waals surface area (Å²) in [6, 6.07) is 48.4. The molecule has 0 saturated heterocycles. The van der Waals surface area contributed by atoms with Gasteiger partial charge in [0.25, 0.3) is 0 Å². The molecule has 4 aromatic carbocycles. The molecule has 12 aromatic rings. The highest BCUT2D eigenvalue weighted by atomic mass is 79.9. The molecule has 14 nitrogen and oxygen atoms in total. The summed E-state index contributed by atoms with van der Waals surface area (Å²) < 4.78 is 71.1. The quantitative estimate of drug-likeness (QED) is 0.0418. The average Bonchev–Trinajstić information content (AvgIpc) is 1.64. The molecule has 0 saturated carbocycles. The third kappa shape index (κ3) is 25.1. The van der Waals surface area contributed by atoms with Gasteiger partial charge in [-0.25, -0.2) is 34.3 Å². The maximum absolute atomic E-state index is 14.5. The van der Waals surface area contributed by atoms with Crippen molar-refractivity contribution >= 4 is 143 Å². The zero-order valence-electron chi connectivity index (χ0n) is 51.2. The molecule has 27 heteroatoms. The number of pyridine rings is 6. The van der Waals surface area contributed by atoms with Crippen molar-refractivity contribution in [3.8, 4) is 0 Å². The minimum Gasteiger partial charge on any atom is -0.443 e. The van der Waals surface area contributed by atoms with Gasteiger partial charge in [0.15, 0.2) is 0 Å². The first-order chi connectivity index (χ1) is 45.9. The van der Waals surface area contributed by atoms with E-state index >= 15 is 0 Å². The second-order valence-corrected chi connectivity index (χ2v) is 25.0. The number of nitrogens with zero attached hydrogens (tertiary/aromatic N) is 7. The Morgan fingerprint density at radius 1 is 0.531 bits per heavy atom. The van der Waals surface area contributed by atoms with Gasteiger partial charge in [-0.3, -0.25) is 0 Å². The van der Waals surface area contributed by atoms with Gasteiger partial charge < -0.3 is 31.4 Å². The summed E-state index contributed by atoms with van der Waals surface area (Å²) in [7, 11) is 0. The molecule has 0 bridgehead atoms. The number of nitrogens with two attached hydrogens (primary N) is 1. The molecule has 0 atom stereocenters. The highest BCUT2D eigenvalue weighted by molar-refractivity contribution is 9.10. The molecule has 0 unspecified atom stereocenters. The van der Waals surface area contributed by atoms with Crippen LogP contribution in [0.1, 0.15) is 59.7 Å². The molecular weight excluding hydrogens is 1450 g/mol. The first-order valence-electron chi connectivity index (χ1n) is 28.7. The lowest BCUT2D eigenvalue weighted by Crippen LogP contribution is -2.26. The van der Waals surface area contributed by atoms with Crippen LogP contribution in [0.3, 0.4) is 0 Å². The Balaban J connectivity index is 0.000000169. The minimum absolute atomic E-state index is 0.272. The molecule has 0 fully saturated rings. The fourth-order valence-corrected chi connectivity index (χ4v) is 9.45. The molecule has 0 amide bonds. The fraction of sp³-hybridized carbons (Fsp3) is 0.145. The van der Waals surface area contributed by atoms with Crippen LogP contribution < -0.4 is 21.7 Å². The number of hydrogen-bond acceptors (Lipinski definition) is 12. The summed E-state index contributed by atoms with van der Waals surface area (Å²) in [5.74, 6) is -1.30. The third-order valence-corrected chi connectivity index (χ3v) is 15.1. The topological polar surface area (TPSA) is 186 Å². The molecule has 96 heavy (non-hydrogen) atoms. The molecule has 8 aromatic heterocycles. The number of hydrogen-bond donors (Lipinski definition) is 5. The van der Waals surface area contributed by atoms with Gasteiger partial charge in [-0.1, -0.05) is 136 Å². The number of fused-ring (bicyclic) bond motifs is 2. The number of carbonyl (C=O) groups excluding carboxylic acids is 1. The molecule has 8 heterocycles. The molecule has 0 radical (unpaired) electrons. The van der Waals surface area contributed by atoms with Gasteiger partial charge in [-0.15, -0.1) is 11.6 Å². The van der Waals surface area contributed by atoms with E-state index in [4.69, 9.17) is 91.7 Å². The summed E-state index contributed by atoms with van der Waals surface area (Å²) in [4.78, 5) is 37.9. The summed E-state index contributed by atoms with van der Waals surface area (Å²) in [5, 5.41) is 14.7. The van der Waals surface area contributed by atoms with Crippen molar-refractivity contribution in [2.24, 2.45) is 5.73 Å². The van der Waals surface area contributed by atoms with Crippen molar-refractivity contribution < 1.29 is 31.5 Å². The van der Waals surface area contributed by atoms with Crippen molar-refractivity contribution in [3.63, 3.8) is 0 Å². The Hall–Kier alpha value is -8.15. The van der Waals surface area contributed by atoms with Crippen LogP contribution in [0, 0.1) is 29.7 Å². The fourth-order valence-electron chi connectivity index (χ4n) is 8.19. The van der Waals surface area contributed by atoms with Crippen molar-refractivity contribution in [1.29, 1.82) is 0 Å². The van der Waals surface area contributed by atoms with Crippen molar-refractivity contribution in [2.75, 3.05) is 16.0 Å². The lowest BCUT2D eigenvalue weighted by atomic mass is 10.1. The SMILES string of the molecule is CC(C)(C)OC(=O)n1cc(CCl)c2cc(Cl)cnc21.Fc1cccc(F)n1.Fc1cccc(NCc2ccc(Cl)cc2)n1.Fc1nc(NCc2ccc(Cl)cc2)ccc1Br.Fc1nc(NCc2ccc(Cl)cc2)ccc1Cc1c[nH]c2ncc(Cl)cc12.NCc1ccc(Cl)cc1. The van der Waals surface area contributed by atoms with E-state index in [1.165, 1.54) is 22.9 Å². The predicted octanol–water partition coefficient (Wildman–Crippen LogP) is 20.7. The Morgan fingerprint density at radius 2 is 0.979 bits per heavy atom. The van der Waals surface area contributed by atoms with Gasteiger partial charge in [0, 0.05) is 99.7 Å². The van der Waals surface area contributed by atoms with Crippen LogP contribution >= 0.6 is 97.1 Å². The summed E-state index contributed by atoms with van der Waals surface area (Å²) in [6.07, 6.45) is 6.44. The molecule has 0 spiro atoms. The van der Waals surface area contributed by atoms with E-state index in [-0.39, 0.29) is 5.88 Å². The third-order valence-electron chi connectivity index (χ3n) is 12.8. The first kappa shape index (κ1) is 75.2. The van der Waals surface area contributed by atoms with Gasteiger partial charge >= 0.3 is 6.09 Å². The lowest BCUT2D eigenvalue weighted by Gasteiger charge is -2.19. The van der Waals surface area contributed by atoms with Crippen molar-refractivity contribution in [2.45, 2.75) is 64.9 Å². The number of nitrogens with one attached hydrogen (secondary N) is 4. The number of rotatable bonds is 13. The Labute approximate surface area is 593 Å². The molecule has 0 aliphatic heterocycles. The number of halogens is 13. The van der Waals surface area contributed by atoms with Crippen molar-refractivity contribution in [1.82, 2.24) is 39.5 Å². The van der Waals surface area contributed by atoms with Crippen LogP contribution in [0.2, 0.25) is 30.1 Å². The largest absolute Gasteiger partial charge is 0.443 e. The molecule has 0 aliphatic rings. The Morgan fingerprint density at radius 3 is 1.43 bits per heavy atom.